The molecule has 3 saturated carbocycles. The summed E-state index contributed by atoms with van der Waals surface area (Å²) in [6.07, 6.45) is 3.14. The molecule has 2 bridgehead atoms. The molecule has 154 valence electrons. The third kappa shape index (κ3) is 1.41. The van der Waals surface area contributed by atoms with Gasteiger partial charge in [0.25, 0.3) is 0 Å². The zero-order valence-corrected chi connectivity index (χ0v) is 18.7. The van der Waals surface area contributed by atoms with Crippen LogP contribution in [-0.2, 0) is 21.4 Å². The number of carbonyl (C=O) groups is 1. The largest absolute Gasteiger partial charge is 0.364 e. The van der Waals surface area contributed by atoms with E-state index in [1.54, 1.807) is 0 Å². The lowest BCUT2D eigenvalue weighted by Gasteiger charge is -2.81. The van der Waals surface area contributed by atoms with Gasteiger partial charge < -0.3 is 9.84 Å². The van der Waals surface area contributed by atoms with E-state index in [1.807, 2.05) is 11.3 Å². The second kappa shape index (κ2) is 4.58. The summed E-state index contributed by atoms with van der Waals surface area (Å²) in [4.78, 5) is 20.3. The first-order chi connectivity index (χ1) is 13.6. The van der Waals surface area contributed by atoms with Crippen LogP contribution in [0.3, 0.4) is 0 Å². The predicted molar refractivity (Wildman–Crippen MR) is 109 cm³/mol. The Balaban J connectivity index is 1.56. The molecule has 2 spiro atoms. The normalized spacial score (nSPS) is 52.8. The summed E-state index contributed by atoms with van der Waals surface area (Å²) in [5, 5.41) is 13.3. The maximum atomic E-state index is 13.8. The van der Waals surface area contributed by atoms with Crippen LogP contribution in [-0.4, -0.2) is 28.3 Å². The molecule has 5 fully saturated rings. The molecule has 7 aliphatic rings. The molecule has 1 aromatic rings. The number of ether oxygens (including phenoxy) is 1. The highest BCUT2D eigenvalue weighted by atomic mass is 32.1. The number of Topliss-reactive ketones (excluding diaryl/α,β-unsaturated/α-hetero) is 1. The van der Waals surface area contributed by atoms with Gasteiger partial charge in [-0.3, -0.25) is 4.79 Å². The van der Waals surface area contributed by atoms with E-state index >= 15 is 0 Å². The highest BCUT2D eigenvalue weighted by Crippen LogP contribution is 2.82. The number of fused-ring (bicyclic) bond motifs is 2. The molecule has 5 heteroatoms. The van der Waals surface area contributed by atoms with Crippen molar-refractivity contribution in [3.63, 3.8) is 0 Å². The smallest absolute Gasteiger partial charge is 0.182 e. The number of hydrogen-bond donors (Lipinski definition) is 1. The van der Waals surface area contributed by atoms with Crippen molar-refractivity contribution >= 4 is 17.1 Å². The molecule has 0 amide bonds. The van der Waals surface area contributed by atoms with Crippen LogP contribution in [0.15, 0.2) is 11.1 Å². The van der Waals surface area contributed by atoms with Gasteiger partial charge in [0.2, 0.25) is 0 Å². The van der Waals surface area contributed by atoms with Crippen LogP contribution in [0.2, 0.25) is 0 Å². The Morgan fingerprint density at radius 1 is 1.24 bits per heavy atom. The molecule has 3 heterocycles. The van der Waals surface area contributed by atoms with Crippen molar-refractivity contribution in [2.24, 2.45) is 40.4 Å². The SMILES string of the molecule is CC1=C2C(=O)C34C2C1CCC3C12COC4(O)C(C)C1C(C)(C)Cc1sc(C)nc12. The lowest BCUT2D eigenvalue weighted by Crippen LogP contribution is -2.88. The summed E-state index contributed by atoms with van der Waals surface area (Å²) in [5.41, 5.74) is 2.56. The molecule has 2 aliphatic heterocycles. The second-order valence-electron chi connectivity index (χ2n) is 11.5. The highest BCUT2D eigenvalue weighted by molar-refractivity contribution is 7.11. The molecule has 1 N–H and O–H groups in total. The maximum Gasteiger partial charge on any atom is 0.182 e. The predicted octanol–water partition coefficient (Wildman–Crippen LogP) is 3.80. The number of allylic oxidation sites excluding steroid dienone is 2. The minimum atomic E-state index is -1.34. The first-order valence-corrected chi connectivity index (χ1v) is 12.0. The number of aromatic nitrogens is 1. The Bertz CT molecular complexity index is 1050. The van der Waals surface area contributed by atoms with Gasteiger partial charge >= 0.3 is 0 Å². The molecule has 1 aromatic heterocycles. The number of nitrogens with zero attached hydrogens (tertiary/aromatic N) is 1. The average molecular weight is 412 g/mol. The van der Waals surface area contributed by atoms with Gasteiger partial charge in [0, 0.05) is 27.7 Å². The van der Waals surface area contributed by atoms with Crippen LogP contribution in [0.4, 0.5) is 0 Å². The first-order valence-electron chi connectivity index (χ1n) is 11.2. The zero-order valence-electron chi connectivity index (χ0n) is 17.8. The summed E-state index contributed by atoms with van der Waals surface area (Å²) < 4.78 is 6.44. The van der Waals surface area contributed by atoms with Gasteiger partial charge in [-0.15, -0.1) is 11.3 Å². The van der Waals surface area contributed by atoms with E-state index in [1.165, 1.54) is 16.1 Å². The Labute approximate surface area is 175 Å². The van der Waals surface area contributed by atoms with E-state index in [-0.39, 0.29) is 40.3 Å². The molecular weight excluding hydrogens is 382 g/mol. The van der Waals surface area contributed by atoms with Crippen LogP contribution in [0.25, 0.3) is 0 Å². The molecule has 2 saturated heterocycles. The van der Waals surface area contributed by atoms with Crippen molar-refractivity contribution in [2.45, 2.75) is 65.1 Å². The average Bonchev–Trinajstić information content (AvgIpc) is 3.00. The fraction of sp³-hybridized carbons (Fsp3) is 0.750. The van der Waals surface area contributed by atoms with Crippen molar-refractivity contribution in [1.82, 2.24) is 4.98 Å². The van der Waals surface area contributed by atoms with E-state index in [0.717, 1.165) is 29.8 Å². The van der Waals surface area contributed by atoms with Gasteiger partial charge in [-0.05, 0) is 56.3 Å². The van der Waals surface area contributed by atoms with Crippen molar-refractivity contribution in [2.75, 3.05) is 6.61 Å². The van der Waals surface area contributed by atoms with Gasteiger partial charge in [-0.1, -0.05) is 26.3 Å². The third-order valence-corrected chi connectivity index (χ3v) is 11.2. The number of thiazole rings is 1. The quantitative estimate of drug-likeness (QED) is 0.706. The molecule has 0 aromatic carbocycles. The Hall–Kier alpha value is -1.04. The number of rotatable bonds is 0. The number of carbonyl (C=O) groups excluding carboxylic acids is 1. The summed E-state index contributed by atoms with van der Waals surface area (Å²) in [6, 6.07) is 0. The summed E-state index contributed by atoms with van der Waals surface area (Å²) in [5.74, 6) is -0.146. The van der Waals surface area contributed by atoms with Gasteiger partial charge in [0.05, 0.1) is 22.7 Å². The lowest BCUT2D eigenvalue weighted by molar-refractivity contribution is -0.425. The van der Waals surface area contributed by atoms with Crippen molar-refractivity contribution in [1.29, 1.82) is 0 Å². The van der Waals surface area contributed by atoms with Crippen LogP contribution >= 0.6 is 11.3 Å². The minimum Gasteiger partial charge on any atom is -0.364 e. The van der Waals surface area contributed by atoms with Crippen LogP contribution in [0.5, 0.6) is 0 Å². The fourth-order valence-electron chi connectivity index (χ4n) is 9.75. The first kappa shape index (κ1) is 17.6. The van der Waals surface area contributed by atoms with E-state index in [0.29, 0.717) is 12.5 Å². The Morgan fingerprint density at radius 2 is 2.00 bits per heavy atom. The van der Waals surface area contributed by atoms with Crippen LogP contribution in [0.1, 0.15) is 56.1 Å². The third-order valence-electron chi connectivity index (χ3n) is 10.2. The number of aryl methyl sites for hydroxylation is 1. The van der Waals surface area contributed by atoms with Crippen LogP contribution < -0.4 is 0 Å². The van der Waals surface area contributed by atoms with E-state index in [4.69, 9.17) is 9.72 Å². The lowest BCUT2D eigenvalue weighted by atomic mass is 9.25. The van der Waals surface area contributed by atoms with Gasteiger partial charge in [-0.25, -0.2) is 4.98 Å². The molecular formula is C24H29NO3S. The molecule has 0 radical (unpaired) electrons. The van der Waals surface area contributed by atoms with Gasteiger partial charge in [-0.2, -0.15) is 0 Å². The standard InChI is InChI=1S/C24H29NO3S/c1-10-13-6-7-15-22-9-28-24(27,23(15)17(13)16(10)20(23)26)11(2)18(22)21(4,5)8-14-19(22)25-12(3)29-14/h11,13,15,17-18,27H,6-9H2,1-5H3. The number of ketones is 1. The molecule has 8 rings (SSSR count). The van der Waals surface area contributed by atoms with Gasteiger partial charge in [0.15, 0.2) is 11.6 Å². The monoisotopic (exact) mass is 411 g/mol. The molecule has 8 unspecified atom stereocenters. The minimum absolute atomic E-state index is 0.0442. The molecule has 4 nitrogen and oxygen atoms in total. The Morgan fingerprint density at radius 3 is 2.76 bits per heavy atom. The van der Waals surface area contributed by atoms with Crippen molar-refractivity contribution in [3.8, 4) is 0 Å². The van der Waals surface area contributed by atoms with E-state index < -0.39 is 11.2 Å². The van der Waals surface area contributed by atoms with Crippen LogP contribution in [0, 0.1) is 47.3 Å². The highest BCUT2D eigenvalue weighted by Gasteiger charge is 2.89. The second-order valence-corrected chi connectivity index (χ2v) is 12.8. The summed E-state index contributed by atoms with van der Waals surface area (Å²) in [7, 11) is 0. The zero-order chi connectivity index (χ0) is 20.3. The molecule has 8 atom stereocenters. The van der Waals surface area contributed by atoms with Crippen molar-refractivity contribution in [3.05, 3.63) is 26.7 Å². The van der Waals surface area contributed by atoms with E-state index in [9.17, 15) is 9.90 Å². The van der Waals surface area contributed by atoms with Gasteiger partial charge in [0.1, 0.15) is 0 Å². The Kier molecular flexibility index (Phi) is 2.79. The molecule has 29 heavy (non-hydrogen) atoms. The number of aliphatic hydroxyl groups is 1. The topological polar surface area (TPSA) is 59.4 Å². The fourth-order valence-corrected chi connectivity index (χ4v) is 11.0. The van der Waals surface area contributed by atoms with E-state index in [2.05, 4.69) is 34.6 Å². The summed E-state index contributed by atoms with van der Waals surface area (Å²) in [6.45, 7) is 11.6. The maximum absolute atomic E-state index is 13.8. The summed E-state index contributed by atoms with van der Waals surface area (Å²) >= 11 is 1.82. The van der Waals surface area contributed by atoms with Crippen molar-refractivity contribution < 1.29 is 14.6 Å². The molecule has 5 aliphatic carbocycles. The number of hydrogen-bond acceptors (Lipinski definition) is 5.